The standard InChI is InChI=1S/C33H44BrN5O4/c1-22-19-23(2)21-25(20-22)29(34)30(31(40)37-14-10-26(11-15-37)36(3)4)43-33(42)38-16-12-27(13-17-38)39-18-9-24-7-5-6-8-28(24)35-32(39)41/h5-8,19-21,26-27,29-30H,9-18H2,1-4H3,(H,35,41). The largest absolute Gasteiger partial charge is 0.434 e. The van der Waals surface area contributed by atoms with Crippen molar-refractivity contribution in [3.63, 3.8) is 0 Å². The molecule has 2 fully saturated rings. The Morgan fingerprint density at radius 2 is 1.56 bits per heavy atom. The number of piperidine rings is 2. The summed E-state index contributed by atoms with van der Waals surface area (Å²) < 4.78 is 6.08. The van der Waals surface area contributed by atoms with Gasteiger partial charge in [-0.15, -0.1) is 0 Å². The van der Waals surface area contributed by atoms with Gasteiger partial charge in [-0.3, -0.25) is 4.79 Å². The fourth-order valence-electron chi connectivity index (χ4n) is 6.64. The van der Waals surface area contributed by atoms with E-state index in [0.29, 0.717) is 51.6 Å². The average molecular weight is 655 g/mol. The van der Waals surface area contributed by atoms with Gasteiger partial charge in [-0.1, -0.05) is 63.5 Å². The SMILES string of the molecule is Cc1cc(C)cc(C(Br)C(OC(=O)N2CCC(N3CCc4ccccc4NC3=O)CC2)C(=O)N2CCC(N(C)C)CC2)c1. The number of nitrogens with one attached hydrogen (secondary N) is 1. The number of benzene rings is 2. The number of nitrogens with zero attached hydrogens (tertiary/aromatic N) is 4. The predicted octanol–water partition coefficient (Wildman–Crippen LogP) is 5.35. The van der Waals surface area contributed by atoms with Crippen molar-refractivity contribution in [2.45, 2.75) is 69.0 Å². The summed E-state index contributed by atoms with van der Waals surface area (Å²) in [5, 5.41) is 3.05. The molecule has 0 spiro atoms. The summed E-state index contributed by atoms with van der Waals surface area (Å²) in [6.45, 7) is 6.89. The minimum absolute atomic E-state index is 0.0352. The van der Waals surface area contributed by atoms with Crippen molar-refractivity contribution in [3.8, 4) is 0 Å². The molecule has 0 aliphatic carbocycles. The molecule has 3 aliphatic heterocycles. The van der Waals surface area contributed by atoms with E-state index in [1.165, 1.54) is 0 Å². The van der Waals surface area contributed by atoms with Gasteiger partial charge in [-0.25, -0.2) is 9.59 Å². The third-order valence-corrected chi connectivity index (χ3v) is 10.1. The molecule has 232 valence electrons. The van der Waals surface area contributed by atoms with Crippen LogP contribution in [0.2, 0.25) is 0 Å². The lowest BCUT2D eigenvalue weighted by Gasteiger charge is -2.39. The summed E-state index contributed by atoms with van der Waals surface area (Å²) in [5.41, 5.74) is 5.09. The lowest BCUT2D eigenvalue weighted by atomic mass is 9.99. The number of alkyl halides is 1. The van der Waals surface area contributed by atoms with Crippen LogP contribution in [0.25, 0.3) is 0 Å². The molecule has 4 amide bonds. The van der Waals surface area contributed by atoms with E-state index in [9.17, 15) is 14.4 Å². The molecule has 2 atom stereocenters. The van der Waals surface area contributed by atoms with Crippen molar-refractivity contribution >= 4 is 39.6 Å². The number of fused-ring (bicyclic) bond motifs is 1. The average Bonchev–Trinajstić information content (AvgIpc) is 3.16. The molecule has 2 aromatic rings. The number of aryl methyl sites for hydroxylation is 2. The molecule has 0 aromatic heterocycles. The monoisotopic (exact) mass is 653 g/mol. The van der Waals surface area contributed by atoms with Crippen molar-refractivity contribution < 1.29 is 19.1 Å². The van der Waals surface area contributed by atoms with E-state index >= 15 is 0 Å². The zero-order chi connectivity index (χ0) is 30.7. The summed E-state index contributed by atoms with van der Waals surface area (Å²) >= 11 is 3.76. The van der Waals surface area contributed by atoms with Gasteiger partial charge in [0.25, 0.3) is 5.91 Å². The van der Waals surface area contributed by atoms with Crippen LogP contribution in [0.1, 0.15) is 52.8 Å². The third-order valence-electron chi connectivity index (χ3n) is 9.11. The molecule has 0 saturated carbocycles. The quantitative estimate of drug-likeness (QED) is 0.425. The molecular formula is C33H44BrN5O4. The second kappa shape index (κ2) is 13.7. The number of halogens is 1. The number of ether oxygens (including phenoxy) is 1. The molecule has 3 heterocycles. The topological polar surface area (TPSA) is 85.4 Å². The minimum atomic E-state index is -0.989. The van der Waals surface area contributed by atoms with E-state index < -0.39 is 17.0 Å². The maximum absolute atomic E-state index is 13.9. The van der Waals surface area contributed by atoms with Crippen LogP contribution in [0.15, 0.2) is 42.5 Å². The van der Waals surface area contributed by atoms with Crippen molar-refractivity contribution in [2.24, 2.45) is 0 Å². The number of hydrogen-bond acceptors (Lipinski definition) is 5. The van der Waals surface area contributed by atoms with Gasteiger partial charge in [0.1, 0.15) is 0 Å². The van der Waals surface area contributed by atoms with Gasteiger partial charge in [0.15, 0.2) is 6.10 Å². The van der Waals surface area contributed by atoms with E-state index in [-0.39, 0.29) is 18.0 Å². The number of anilines is 1. The van der Waals surface area contributed by atoms with E-state index in [0.717, 1.165) is 47.2 Å². The van der Waals surface area contributed by atoms with Crippen LogP contribution in [0.4, 0.5) is 15.3 Å². The molecule has 2 aromatic carbocycles. The van der Waals surface area contributed by atoms with E-state index in [1.54, 1.807) is 4.90 Å². The number of urea groups is 1. The summed E-state index contributed by atoms with van der Waals surface area (Å²) in [4.78, 5) is 47.7. The van der Waals surface area contributed by atoms with Crippen LogP contribution in [0, 0.1) is 13.8 Å². The molecule has 43 heavy (non-hydrogen) atoms. The van der Waals surface area contributed by atoms with Crippen LogP contribution >= 0.6 is 15.9 Å². The van der Waals surface area contributed by atoms with Crippen molar-refractivity contribution in [3.05, 3.63) is 64.7 Å². The molecular weight excluding hydrogens is 610 g/mol. The van der Waals surface area contributed by atoms with Crippen LogP contribution < -0.4 is 5.32 Å². The molecule has 5 rings (SSSR count). The normalized spacial score (nSPS) is 19.9. The number of carbonyl (C=O) groups is 3. The predicted molar refractivity (Wildman–Crippen MR) is 172 cm³/mol. The Morgan fingerprint density at radius 3 is 2.21 bits per heavy atom. The number of likely N-dealkylation sites (tertiary alicyclic amines) is 2. The first-order valence-corrected chi connectivity index (χ1v) is 16.3. The zero-order valence-electron chi connectivity index (χ0n) is 25.7. The number of carbonyl (C=O) groups excluding carboxylic acids is 3. The van der Waals surface area contributed by atoms with Gasteiger partial charge in [-0.05, 0) is 77.2 Å². The number of hydrogen-bond donors (Lipinski definition) is 1. The fraction of sp³-hybridized carbons (Fsp3) is 0.545. The number of para-hydroxylation sites is 1. The molecule has 3 aliphatic rings. The first-order chi connectivity index (χ1) is 20.6. The summed E-state index contributed by atoms with van der Waals surface area (Å²) in [5.74, 6) is -0.165. The lowest BCUT2D eigenvalue weighted by molar-refractivity contribution is -0.142. The van der Waals surface area contributed by atoms with Crippen molar-refractivity contribution in [2.75, 3.05) is 52.1 Å². The lowest BCUT2D eigenvalue weighted by Crippen LogP contribution is -2.52. The maximum Gasteiger partial charge on any atom is 0.410 e. The van der Waals surface area contributed by atoms with Gasteiger partial charge in [0.05, 0.1) is 4.83 Å². The van der Waals surface area contributed by atoms with Crippen LogP contribution in [0.5, 0.6) is 0 Å². The zero-order valence-corrected chi connectivity index (χ0v) is 27.3. The van der Waals surface area contributed by atoms with Gasteiger partial charge < -0.3 is 29.7 Å². The Labute approximate surface area is 263 Å². The highest BCUT2D eigenvalue weighted by molar-refractivity contribution is 9.09. The summed E-state index contributed by atoms with van der Waals surface area (Å²) in [6, 6.07) is 14.5. The first kappa shape index (κ1) is 31.3. The van der Waals surface area contributed by atoms with Gasteiger partial charge >= 0.3 is 12.1 Å². The molecule has 9 nitrogen and oxygen atoms in total. The smallest absolute Gasteiger partial charge is 0.410 e. The Balaban J connectivity index is 1.25. The first-order valence-electron chi connectivity index (χ1n) is 15.4. The summed E-state index contributed by atoms with van der Waals surface area (Å²) in [7, 11) is 4.14. The molecule has 2 unspecified atom stereocenters. The Morgan fingerprint density at radius 1 is 0.930 bits per heavy atom. The fourth-order valence-corrected chi connectivity index (χ4v) is 7.24. The second-order valence-electron chi connectivity index (χ2n) is 12.4. The molecule has 0 bridgehead atoms. The molecule has 10 heteroatoms. The van der Waals surface area contributed by atoms with E-state index in [2.05, 4.69) is 52.4 Å². The third kappa shape index (κ3) is 7.34. The Kier molecular flexibility index (Phi) is 9.96. The Bertz CT molecular complexity index is 1300. The van der Waals surface area contributed by atoms with Gasteiger partial charge in [0, 0.05) is 50.5 Å². The molecule has 1 N–H and O–H groups in total. The minimum Gasteiger partial charge on any atom is -0.434 e. The van der Waals surface area contributed by atoms with E-state index in [1.807, 2.05) is 54.0 Å². The van der Waals surface area contributed by atoms with Gasteiger partial charge in [0.2, 0.25) is 0 Å². The highest BCUT2D eigenvalue weighted by Gasteiger charge is 2.39. The number of rotatable bonds is 6. The summed E-state index contributed by atoms with van der Waals surface area (Å²) in [6.07, 6.45) is 2.41. The van der Waals surface area contributed by atoms with Crippen molar-refractivity contribution in [1.29, 1.82) is 0 Å². The number of amides is 4. The van der Waals surface area contributed by atoms with Gasteiger partial charge in [-0.2, -0.15) is 0 Å². The maximum atomic E-state index is 13.9. The molecule has 0 radical (unpaired) electrons. The molecule has 2 saturated heterocycles. The highest BCUT2D eigenvalue weighted by atomic mass is 79.9. The van der Waals surface area contributed by atoms with Crippen LogP contribution in [-0.4, -0.2) is 103 Å². The van der Waals surface area contributed by atoms with E-state index in [4.69, 9.17) is 4.74 Å². The highest BCUT2D eigenvalue weighted by Crippen LogP contribution is 2.33. The van der Waals surface area contributed by atoms with Crippen LogP contribution in [0.3, 0.4) is 0 Å². The van der Waals surface area contributed by atoms with Crippen LogP contribution in [-0.2, 0) is 16.0 Å². The van der Waals surface area contributed by atoms with Crippen molar-refractivity contribution in [1.82, 2.24) is 19.6 Å². The Hall–Kier alpha value is -3.11. The second-order valence-corrected chi connectivity index (χ2v) is 13.4.